The highest BCUT2D eigenvalue weighted by molar-refractivity contribution is 6.30. The van der Waals surface area contributed by atoms with Gasteiger partial charge in [-0.2, -0.15) is 0 Å². The molecule has 1 N–H and O–H groups in total. The molecule has 2 aromatic carbocycles. The standard InChI is InChI=1S/C20H22ClNO4/c1-24-16-10-15(11-17(25-2)19(16)26-3)22-20(23)18(12-4-5-12)13-6-8-14(21)9-7-13/h6-12,18H,4-5H2,1-3H3,(H,22,23). The molecule has 26 heavy (non-hydrogen) atoms. The van der Waals surface area contributed by atoms with Crippen molar-refractivity contribution in [3.8, 4) is 17.2 Å². The van der Waals surface area contributed by atoms with Crippen LogP contribution in [0.2, 0.25) is 5.02 Å². The fourth-order valence-corrected chi connectivity index (χ4v) is 3.24. The second-order valence-electron chi connectivity index (χ2n) is 6.27. The lowest BCUT2D eigenvalue weighted by Gasteiger charge is -2.19. The summed E-state index contributed by atoms with van der Waals surface area (Å²) in [5.74, 6) is 1.59. The zero-order valence-corrected chi connectivity index (χ0v) is 15.8. The van der Waals surface area contributed by atoms with Crippen LogP contribution in [-0.4, -0.2) is 27.2 Å². The molecule has 0 bridgehead atoms. The van der Waals surface area contributed by atoms with Gasteiger partial charge in [-0.1, -0.05) is 23.7 Å². The summed E-state index contributed by atoms with van der Waals surface area (Å²) in [5.41, 5.74) is 1.57. The monoisotopic (exact) mass is 375 g/mol. The van der Waals surface area contributed by atoms with Crippen molar-refractivity contribution in [3.63, 3.8) is 0 Å². The molecule has 0 aromatic heterocycles. The first-order valence-electron chi connectivity index (χ1n) is 8.43. The molecule has 1 unspecified atom stereocenters. The molecular formula is C20H22ClNO4. The molecule has 1 atom stereocenters. The smallest absolute Gasteiger partial charge is 0.232 e. The Hall–Kier alpha value is -2.40. The lowest BCUT2D eigenvalue weighted by Crippen LogP contribution is -2.22. The summed E-state index contributed by atoms with van der Waals surface area (Å²) in [4.78, 5) is 13.0. The first kappa shape index (κ1) is 18.4. The lowest BCUT2D eigenvalue weighted by atomic mass is 9.93. The fourth-order valence-electron chi connectivity index (χ4n) is 3.11. The number of nitrogens with one attached hydrogen (secondary N) is 1. The van der Waals surface area contributed by atoms with E-state index in [1.165, 1.54) is 0 Å². The number of hydrogen-bond acceptors (Lipinski definition) is 4. The maximum absolute atomic E-state index is 13.0. The van der Waals surface area contributed by atoms with Gasteiger partial charge in [0.2, 0.25) is 11.7 Å². The van der Waals surface area contributed by atoms with E-state index in [0.29, 0.717) is 33.9 Å². The van der Waals surface area contributed by atoms with Crippen LogP contribution in [0.3, 0.4) is 0 Å². The Morgan fingerprint density at radius 3 is 2.08 bits per heavy atom. The van der Waals surface area contributed by atoms with Gasteiger partial charge in [0.05, 0.1) is 27.2 Å². The van der Waals surface area contributed by atoms with E-state index in [4.69, 9.17) is 25.8 Å². The number of benzene rings is 2. The fraction of sp³-hybridized carbons (Fsp3) is 0.350. The van der Waals surface area contributed by atoms with E-state index in [-0.39, 0.29) is 11.8 Å². The van der Waals surface area contributed by atoms with Crippen LogP contribution < -0.4 is 19.5 Å². The van der Waals surface area contributed by atoms with Gasteiger partial charge in [-0.15, -0.1) is 0 Å². The molecule has 1 fully saturated rings. The zero-order valence-electron chi connectivity index (χ0n) is 15.0. The topological polar surface area (TPSA) is 56.8 Å². The molecule has 138 valence electrons. The van der Waals surface area contributed by atoms with Crippen LogP contribution in [0.4, 0.5) is 5.69 Å². The van der Waals surface area contributed by atoms with Crippen molar-refractivity contribution in [1.29, 1.82) is 0 Å². The van der Waals surface area contributed by atoms with Crippen molar-refractivity contribution >= 4 is 23.2 Å². The Labute approximate surface area is 158 Å². The Bertz CT molecular complexity index is 762. The maximum Gasteiger partial charge on any atom is 0.232 e. The molecule has 1 aliphatic carbocycles. The number of ether oxygens (including phenoxy) is 3. The molecule has 3 rings (SSSR count). The maximum atomic E-state index is 13.0. The number of carbonyl (C=O) groups is 1. The summed E-state index contributed by atoms with van der Waals surface area (Å²) in [5, 5.41) is 3.65. The van der Waals surface area contributed by atoms with Gasteiger partial charge in [0.15, 0.2) is 11.5 Å². The quantitative estimate of drug-likeness (QED) is 0.774. The van der Waals surface area contributed by atoms with Crippen molar-refractivity contribution in [3.05, 3.63) is 47.0 Å². The van der Waals surface area contributed by atoms with E-state index in [2.05, 4.69) is 5.32 Å². The highest BCUT2D eigenvalue weighted by Gasteiger charge is 2.37. The second kappa shape index (κ2) is 7.87. The SMILES string of the molecule is COc1cc(NC(=O)C(c2ccc(Cl)cc2)C2CC2)cc(OC)c1OC. The van der Waals surface area contributed by atoms with Crippen LogP contribution in [0.25, 0.3) is 0 Å². The van der Waals surface area contributed by atoms with Gasteiger partial charge in [0, 0.05) is 22.8 Å². The predicted octanol–water partition coefficient (Wildman–Crippen LogP) is 4.50. The van der Waals surface area contributed by atoms with Crippen molar-refractivity contribution in [2.75, 3.05) is 26.6 Å². The van der Waals surface area contributed by atoms with E-state index in [1.54, 1.807) is 33.5 Å². The van der Waals surface area contributed by atoms with Gasteiger partial charge in [0.25, 0.3) is 0 Å². The van der Waals surface area contributed by atoms with Crippen molar-refractivity contribution in [2.45, 2.75) is 18.8 Å². The number of anilines is 1. The average Bonchev–Trinajstić information content (AvgIpc) is 3.47. The third kappa shape index (κ3) is 3.88. The Kier molecular flexibility index (Phi) is 5.57. The van der Waals surface area contributed by atoms with Gasteiger partial charge in [-0.3, -0.25) is 4.79 Å². The van der Waals surface area contributed by atoms with Crippen molar-refractivity contribution in [2.24, 2.45) is 5.92 Å². The molecule has 0 heterocycles. The van der Waals surface area contributed by atoms with Gasteiger partial charge in [-0.05, 0) is 36.5 Å². The summed E-state index contributed by atoms with van der Waals surface area (Å²) < 4.78 is 16.0. The Morgan fingerprint density at radius 1 is 1.04 bits per heavy atom. The predicted molar refractivity (Wildman–Crippen MR) is 102 cm³/mol. The molecule has 1 amide bonds. The van der Waals surface area contributed by atoms with Crippen LogP contribution >= 0.6 is 11.6 Å². The lowest BCUT2D eigenvalue weighted by molar-refractivity contribution is -0.118. The number of rotatable bonds is 7. The van der Waals surface area contributed by atoms with Crippen LogP contribution in [0, 0.1) is 5.92 Å². The number of halogens is 1. The molecule has 6 heteroatoms. The van der Waals surface area contributed by atoms with Gasteiger partial charge in [0.1, 0.15) is 0 Å². The number of carbonyl (C=O) groups excluding carboxylic acids is 1. The average molecular weight is 376 g/mol. The summed E-state index contributed by atoms with van der Waals surface area (Å²) in [6, 6.07) is 10.9. The van der Waals surface area contributed by atoms with Gasteiger partial charge >= 0.3 is 0 Å². The second-order valence-corrected chi connectivity index (χ2v) is 6.71. The Morgan fingerprint density at radius 2 is 1.62 bits per heavy atom. The van der Waals surface area contributed by atoms with Crippen LogP contribution in [0.1, 0.15) is 24.3 Å². The molecule has 0 saturated heterocycles. The number of amides is 1. The Balaban J connectivity index is 1.87. The van der Waals surface area contributed by atoms with E-state index < -0.39 is 0 Å². The van der Waals surface area contributed by atoms with E-state index in [0.717, 1.165) is 18.4 Å². The number of methoxy groups -OCH3 is 3. The minimum Gasteiger partial charge on any atom is -0.493 e. The molecular weight excluding hydrogens is 354 g/mol. The molecule has 2 aromatic rings. The summed E-state index contributed by atoms with van der Waals surface area (Å²) in [7, 11) is 4.63. The molecule has 0 aliphatic heterocycles. The highest BCUT2D eigenvalue weighted by atomic mass is 35.5. The van der Waals surface area contributed by atoms with E-state index in [9.17, 15) is 4.79 Å². The molecule has 0 radical (unpaired) electrons. The summed E-state index contributed by atoms with van der Waals surface area (Å²) >= 11 is 5.98. The molecule has 1 aliphatic rings. The van der Waals surface area contributed by atoms with Crippen molar-refractivity contribution in [1.82, 2.24) is 0 Å². The van der Waals surface area contributed by atoms with Crippen LogP contribution in [0.15, 0.2) is 36.4 Å². The third-order valence-electron chi connectivity index (χ3n) is 4.54. The van der Waals surface area contributed by atoms with E-state index >= 15 is 0 Å². The normalized spacial score (nSPS) is 14.5. The largest absolute Gasteiger partial charge is 0.493 e. The first-order valence-corrected chi connectivity index (χ1v) is 8.81. The zero-order chi connectivity index (χ0) is 18.7. The molecule has 0 spiro atoms. The summed E-state index contributed by atoms with van der Waals surface area (Å²) in [6.07, 6.45) is 2.10. The first-order chi connectivity index (χ1) is 12.6. The minimum atomic E-state index is -0.202. The van der Waals surface area contributed by atoms with Gasteiger partial charge < -0.3 is 19.5 Å². The molecule has 1 saturated carbocycles. The molecule has 5 nitrogen and oxygen atoms in total. The van der Waals surface area contributed by atoms with Crippen LogP contribution in [0.5, 0.6) is 17.2 Å². The van der Waals surface area contributed by atoms with Gasteiger partial charge in [-0.25, -0.2) is 0 Å². The third-order valence-corrected chi connectivity index (χ3v) is 4.79. The van der Waals surface area contributed by atoms with Crippen LogP contribution in [-0.2, 0) is 4.79 Å². The number of hydrogen-bond donors (Lipinski definition) is 1. The minimum absolute atomic E-state index is 0.0518. The highest BCUT2D eigenvalue weighted by Crippen LogP contribution is 2.44. The summed E-state index contributed by atoms with van der Waals surface area (Å²) in [6.45, 7) is 0. The van der Waals surface area contributed by atoms with Crippen molar-refractivity contribution < 1.29 is 19.0 Å². The van der Waals surface area contributed by atoms with E-state index in [1.807, 2.05) is 24.3 Å².